The Morgan fingerprint density at radius 3 is 2.77 bits per heavy atom. The second-order valence-electron chi connectivity index (χ2n) is 3.48. The zero-order valence-corrected chi connectivity index (χ0v) is 7.70. The lowest BCUT2D eigenvalue weighted by Crippen LogP contribution is -2.45. The number of amides is 1. The lowest BCUT2D eigenvalue weighted by atomic mass is 10.1. The van der Waals surface area contributed by atoms with Crippen LogP contribution in [0, 0.1) is 0 Å². The number of hydrogen-bond acceptors (Lipinski definition) is 3. The molecule has 0 spiro atoms. The highest BCUT2D eigenvalue weighted by atomic mass is 16.7. The zero-order chi connectivity index (χ0) is 9.10. The van der Waals surface area contributed by atoms with Crippen LogP contribution < -0.4 is 0 Å². The standard InChI is InChI=1S/C9H15NO3/c11-9(8-4-7-12-8)10-5-2-1-3-6-13-10/h8H,1-7H2. The third-order valence-electron chi connectivity index (χ3n) is 2.47. The van der Waals surface area contributed by atoms with E-state index >= 15 is 0 Å². The van der Waals surface area contributed by atoms with Crippen LogP contribution in [-0.2, 0) is 14.4 Å². The molecule has 0 saturated carbocycles. The molecule has 4 nitrogen and oxygen atoms in total. The first-order chi connectivity index (χ1) is 6.38. The highest BCUT2D eigenvalue weighted by molar-refractivity contribution is 5.80. The van der Waals surface area contributed by atoms with E-state index in [0.717, 1.165) is 32.2 Å². The first kappa shape index (κ1) is 8.97. The lowest BCUT2D eigenvalue weighted by Gasteiger charge is -2.30. The van der Waals surface area contributed by atoms with Crippen LogP contribution >= 0.6 is 0 Å². The quantitative estimate of drug-likeness (QED) is 0.604. The summed E-state index contributed by atoms with van der Waals surface area (Å²) in [5.74, 6) is 0.00755. The maximum absolute atomic E-state index is 11.6. The van der Waals surface area contributed by atoms with Gasteiger partial charge in [0.25, 0.3) is 5.91 Å². The molecule has 0 radical (unpaired) electrons. The van der Waals surface area contributed by atoms with Crippen LogP contribution in [0.15, 0.2) is 0 Å². The smallest absolute Gasteiger partial charge is 0.275 e. The topological polar surface area (TPSA) is 38.8 Å². The molecular formula is C9H15NO3. The molecule has 0 aromatic carbocycles. The lowest BCUT2D eigenvalue weighted by molar-refractivity contribution is -0.204. The second-order valence-corrected chi connectivity index (χ2v) is 3.48. The van der Waals surface area contributed by atoms with Crippen LogP contribution in [0.1, 0.15) is 25.7 Å². The van der Waals surface area contributed by atoms with E-state index < -0.39 is 0 Å². The number of hydroxylamine groups is 2. The molecular weight excluding hydrogens is 170 g/mol. The molecule has 4 heteroatoms. The van der Waals surface area contributed by atoms with E-state index in [9.17, 15) is 4.79 Å². The van der Waals surface area contributed by atoms with Crippen molar-refractivity contribution in [3.05, 3.63) is 0 Å². The van der Waals surface area contributed by atoms with Gasteiger partial charge < -0.3 is 4.74 Å². The van der Waals surface area contributed by atoms with Crippen molar-refractivity contribution in [1.82, 2.24) is 5.06 Å². The normalized spacial score (nSPS) is 29.2. The van der Waals surface area contributed by atoms with Gasteiger partial charge in [0, 0.05) is 13.0 Å². The minimum Gasteiger partial charge on any atom is -0.368 e. The van der Waals surface area contributed by atoms with Gasteiger partial charge in [-0.1, -0.05) is 0 Å². The molecule has 0 bridgehead atoms. The number of carbonyl (C=O) groups excluding carboxylic acids is 1. The number of rotatable bonds is 1. The molecule has 0 aromatic heterocycles. The Hall–Kier alpha value is -0.610. The fraction of sp³-hybridized carbons (Fsp3) is 0.889. The molecule has 0 aliphatic carbocycles. The van der Waals surface area contributed by atoms with Gasteiger partial charge in [0.1, 0.15) is 6.10 Å². The molecule has 1 atom stereocenters. The Balaban J connectivity index is 1.85. The summed E-state index contributed by atoms with van der Waals surface area (Å²) < 4.78 is 5.12. The van der Waals surface area contributed by atoms with Crippen LogP contribution in [0.2, 0.25) is 0 Å². The average Bonchev–Trinajstić information content (AvgIpc) is 2.27. The third-order valence-corrected chi connectivity index (χ3v) is 2.47. The Morgan fingerprint density at radius 1 is 1.23 bits per heavy atom. The minimum absolute atomic E-state index is 0.00755. The van der Waals surface area contributed by atoms with Crippen molar-refractivity contribution in [3.8, 4) is 0 Å². The van der Waals surface area contributed by atoms with Crippen molar-refractivity contribution in [2.24, 2.45) is 0 Å². The van der Waals surface area contributed by atoms with E-state index in [2.05, 4.69) is 0 Å². The van der Waals surface area contributed by atoms with Gasteiger partial charge in [-0.05, 0) is 19.3 Å². The molecule has 2 saturated heterocycles. The Bertz CT molecular complexity index is 183. The van der Waals surface area contributed by atoms with Crippen LogP contribution in [-0.4, -0.2) is 36.8 Å². The number of nitrogens with zero attached hydrogens (tertiary/aromatic N) is 1. The summed E-state index contributed by atoms with van der Waals surface area (Å²) in [6.45, 7) is 2.10. The molecule has 1 unspecified atom stereocenters. The van der Waals surface area contributed by atoms with Crippen molar-refractivity contribution in [2.45, 2.75) is 31.8 Å². The van der Waals surface area contributed by atoms with Gasteiger partial charge in [-0.15, -0.1) is 0 Å². The minimum atomic E-state index is -0.224. The van der Waals surface area contributed by atoms with Gasteiger partial charge in [0.2, 0.25) is 0 Å². The van der Waals surface area contributed by atoms with E-state index in [4.69, 9.17) is 9.57 Å². The Morgan fingerprint density at radius 2 is 2.08 bits per heavy atom. The largest absolute Gasteiger partial charge is 0.368 e. The summed E-state index contributed by atoms with van der Waals surface area (Å²) in [6, 6.07) is 0. The molecule has 1 amide bonds. The van der Waals surface area contributed by atoms with E-state index in [1.165, 1.54) is 5.06 Å². The summed E-state index contributed by atoms with van der Waals surface area (Å²) in [6.07, 6.45) is 3.86. The van der Waals surface area contributed by atoms with Crippen LogP contribution in [0.25, 0.3) is 0 Å². The highest BCUT2D eigenvalue weighted by Crippen LogP contribution is 2.16. The predicted octanol–water partition coefficient (Wildman–Crippen LogP) is 0.719. The van der Waals surface area contributed by atoms with E-state index in [1.807, 2.05) is 0 Å². The fourth-order valence-electron chi connectivity index (χ4n) is 1.54. The second kappa shape index (κ2) is 4.07. The summed E-state index contributed by atoms with van der Waals surface area (Å²) in [7, 11) is 0. The van der Waals surface area contributed by atoms with Gasteiger partial charge in [-0.3, -0.25) is 9.63 Å². The third kappa shape index (κ3) is 2.00. The van der Waals surface area contributed by atoms with Crippen LogP contribution in [0.4, 0.5) is 0 Å². The average molecular weight is 185 g/mol. The van der Waals surface area contributed by atoms with Crippen molar-refractivity contribution in [2.75, 3.05) is 19.8 Å². The van der Waals surface area contributed by atoms with Crippen molar-refractivity contribution in [3.63, 3.8) is 0 Å². The first-order valence-electron chi connectivity index (χ1n) is 4.94. The van der Waals surface area contributed by atoms with Crippen molar-refractivity contribution in [1.29, 1.82) is 0 Å². The van der Waals surface area contributed by atoms with E-state index in [0.29, 0.717) is 13.2 Å². The summed E-state index contributed by atoms with van der Waals surface area (Å²) in [5.41, 5.74) is 0. The van der Waals surface area contributed by atoms with E-state index in [-0.39, 0.29) is 12.0 Å². The van der Waals surface area contributed by atoms with Crippen LogP contribution in [0.5, 0.6) is 0 Å². The maximum atomic E-state index is 11.6. The van der Waals surface area contributed by atoms with Gasteiger partial charge in [-0.2, -0.15) is 0 Å². The molecule has 13 heavy (non-hydrogen) atoms. The predicted molar refractivity (Wildman–Crippen MR) is 45.9 cm³/mol. The van der Waals surface area contributed by atoms with Gasteiger partial charge in [0.15, 0.2) is 0 Å². The highest BCUT2D eigenvalue weighted by Gasteiger charge is 2.31. The van der Waals surface area contributed by atoms with Crippen LogP contribution in [0.3, 0.4) is 0 Å². The molecule has 0 aromatic rings. The fourth-order valence-corrected chi connectivity index (χ4v) is 1.54. The Labute approximate surface area is 77.7 Å². The molecule has 74 valence electrons. The molecule has 2 heterocycles. The van der Waals surface area contributed by atoms with Crippen molar-refractivity contribution < 1.29 is 14.4 Å². The summed E-state index contributed by atoms with van der Waals surface area (Å²) >= 11 is 0. The zero-order valence-electron chi connectivity index (χ0n) is 7.70. The molecule has 2 rings (SSSR count). The summed E-state index contributed by atoms with van der Waals surface area (Å²) in [4.78, 5) is 16.9. The molecule has 2 aliphatic heterocycles. The molecule has 0 N–H and O–H groups in total. The SMILES string of the molecule is O=C(C1CCO1)N1CCCCCO1. The number of ether oxygens (including phenoxy) is 1. The first-order valence-corrected chi connectivity index (χ1v) is 4.94. The number of hydrogen-bond donors (Lipinski definition) is 0. The molecule has 2 fully saturated rings. The van der Waals surface area contributed by atoms with Gasteiger partial charge in [-0.25, -0.2) is 5.06 Å². The maximum Gasteiger partial charge on any atom is 0.275 e. The number of carbonyl (C=O) groups is 1. The Kier molecular flexibility index (Phi) is 2.80. The molecule has 2 aliphatic rings. The summed E-state index contributed by atoms with van der Waals surface area (Å²) in [5, 5.41) is 1.48. The van der Waals surface area contributed by atoms with Gasteiger partial charge in [0.05, 0.1) is 13.2 Å². The monoisotopic (exact) mass is 185 g/mol. The van der Waals surface area contributed by atoms with Gasteiger partial charge >= 0.3 is 0 Å². The van der Waals surface area contributed by atoms with Crippen molar-refractivity contribution >= 4 is 5.91 Å². The van der Waals surface area contributed by atoms with E-state index in [1.54, 1.807) is 0 Å².